The number of nitrogens with one attached hydrogen (secondary N) is 1. The fraction of sp³-hybridized carbons (Fsp3) is 0.154. The Morgan fingerprint density at radius 1 is 1.20 bits per heavy atom. The van der Waals surface area contributed by atoms with Gasteiger partial charge in [-0.25, -0.2) is 0 Å². The number of benzene rings is 1. The van der Waals surface area contributed by atoms with Crippen LogP contribution in [0.5, 0.6) is 5.75 Å². The zero-order chi connectivity index (χ0) is 14.8. The molecule has 0 spiro atoms. The highest BCUT2D eigenvalue weighted by Crippen LogP contribution is 2.24. The molecule has 0 aliphatic rings. The van der Waals surface area contributed by atoms with E-state index >= 15 is 0 Å². The third-order valence-corrected chi connectivity index (χ3v) is 2.45. The first kappa shape index (κ1) is 14.0. The van der Waals surface area contributed by atoms with Gasteiger partial charge < -0.3 is 14.5 Å². The molecular formula is C13H10F3NO3. The van der Waals surface area contributed by atoms with Crippen molar-refractivity contribution in [2.45, 2.75) is 13.3 Å². The van der Waals surface area contributed by atoms with Crippen LogP contribution < -0.4 is 10.1 Å². The maximum atomic E-state index is 12.0. The quantitative estimate of drug-likeness (QED) is 0.934. The minimum atomic E-state index is -4.74. The Hall–Kier alpha value is -2.44. The average Bonchev–Trinajstić information content (AvgIpc) is 2.76. The predicted molar refractivity (Wildman–Crippen MR) is 64.5 cm³/mol. The van der Waals surface area contributed by atoms with Crippen LogP contribution in [0, 0.1) is 6.92 Å². The van der Waals surface area contributed by atoms with Crippen molar-refractivity contribution in [3.8, 4) is 5.75 Å². The summed E-state index contributed by atoms with van der Waals surface area (Å²) in [6.45, 7) is 1.63. The highest BCUT2D eigenvalue weighted by Gasteiger charge is 2.30. The minimum absolute atomic E-state index is 0.352. The summed E-state index contributed by atoms with van der Waals surface area (Å²) in [5, 5.41) is 2.54. The SMILES string of the molecule is Cc1occc1C(=O)Nc1ccc(OC(F)(F)F)cc1. The van der Waals surface area contributed by atoms with Gasteiger partial charge in [-0.3, -0.25) is 4.79 Å². The van der Waals surface area contributed by atoms with Crippen LogP contribution in [-0.4, -0.2) is 12.3 Å². The molecule has 1 aromatic carbocycles. The Kier molecular flexibility index (Phi) is 3.69. The fourth-order valence-corrected chi connectivity index (χ4v) is 1.56. The van der Waals surface area contributed by atoms with Crippen LogP contribution in [-0.2, 0) is 0 Å². The molecule has 0 atom stereocenters. The molecule has 2 rings (SSSR count). The van der Waals surface area contributed by atoms with Crippen molar-refractivity contribution in [1.29, 1.82) is 0 Å². The Bertz CT molecular complexity index is 602. The van der Waals surface area contributed by atoms with Crippen LogP contribution in [0.15, 0.2) is 41.0 Å². The molecule has 20 heavy (non-hydrogen) atoms. The van der Waals surface area contributed by atoms with Gasteiger partial charge in [0, 0.05) is 5.69 Å². The zero-order valence-corrected chi connectivity index (χ0v) is 10.3. The normalized spacial score (nSPS) is 11.2. The monoisotopic (exact) mass is 285 g/mol. The van der Waals surface area contributed by atoms with Crippen LogP contribution in [0.2, 0.25) is 0 Å². The second-order valence-electron chi connectivity index (χ2n) is 3.92. The van der Waals surface area contributed by atoms with E-state index in [1.165, 1.54) is 24.5 Å². The van der Waals surface area contributed by atoms with Gasteiger partial charge in [0.25, 0.3) is 5.91 Å². The summed E-state index contributed by atoms with van der Waals surface area (Å²) in [6.07, 6.45) is -3.36. The highest BCUT2D eigenvalue weighted by atomic mass is 19.4. The van der Waals surface area contributed by atoms with Gasteiger partial charge in [0.2, 0.25) is 0 Å². The number of furan rings is 1. The van der Waals surface area contributed by atoms with E-state index in [0.29, 0.717) is 17.0 Å². The molecule has 0 unspecified atom stereocenters. The standard InChI is InChI=1S/C13H10F3NO3/c1-8-11(6-7-19-8)12(18)17-9-2-4-10(5-3-9)20-13(14,15)16/h2-7H,1H3,(H,17,18). The second-order valence-corrected chi connectivity index (χ2v) is 3.92. The van der Waals surface area contributed by atoms with Crippen LogP contribution >= 0.6 is 0 Å². The Morgan fingerprint density at radius 3 is 2.35 bits per heavy atom. The molecule has 0 saturated carbocycles. The summed E-state index contributed by atoms with van der Waals surface area (Å²) in [5.41, 5.74) is 0.714. The first-order valence-corrected chi connectivity index (χ1v) is 5.56. The molecule has 2 aromatic rings. The van der Waals surface area contributed by atoms with E-state index < -0.39 is 12.3 Å². The first-order chi connectivity index (χ1) is 9.35. The number of hydrogen-bond acceptors (Lipinski definition) is 3. The van der Waals surface area contributed by atoms with Gasteiger partial charge in [0.15, 0.2) is 0 Å². The van der Waals surface area contributed by atoms with Crippen molar-refractivity contribution in [3.63, 3.8) is 0 Å². The molecule has 0 aliphatic heterocycles. The lowest BCUT2D eigenvalue weighted by atomic mass is 10.2. The number of aryl methyl sites for hydroxylation is 1. The molecule has 0 fully saturated rings. The molecular weight excluding hydrogens is 275 g/mol. The number of hydrogen-bond donors (Lipinski definition) is 1. The van der Waals surface area contributed by atoms with Crippen molar-refractivity contribution in [2.75, 3.05) is 5.32 Å². The van der Waals surface area contributed by atoms with E-state index in [2.05, 4.69) is 10.1 Å². The summed E-state index contributed by atoms with van der Waals surface area (Å²) >= 11 is 0. The number of rotatable bonds is 3. The lowest BCUT2D eigenvalue weighted by molar-refractivity contribution is -0.274. The summed E-state index contributed by atoms with van der Waals surface area (Å²) < 4.78 is 44.7. The van der Waals surface area contributed by atoms with E-state index in [1.54, 1.807) is 6.92 Å². The third kappa shape index (κ3) is 3.53. The topological polar surface area (TPSA) is 51.5 Å². The van der Waals surface area contributed by atoms with Gasteiger partial charge in [-0.2, -0.15) is 0 Å². The van der Waals surface area contributed by atoms with Gasteiger partial charge in [0.1, 0.15) is 11.5 Å². The van der Waals surface area contributed by atoms with Crippen molar-refractivity contribution >= 4 is 11.6 Å². The highest BCUT2D eigenvalue weighted by molar-refractivity contribution is 6.04. The number of alkyl halides is 3. The second kappa shape index (κ2) is 5.28. The molecule has 0 radical (unpaired) electrons. The molecule has 1 N–H and O–H groups in total. The largest absolute Gasteiger partial charge is 0.573 e. The number of carbonyl (C=O) groups is 1. The minimum Gasteiger partial charge on any atom is -0.469 e. The third-order valence-electron chi connectivity index (χ3n) is 2.45. The average molecular weight is 285 g/mol. The number of halogens is 3. The number of amides is 1. The number of ether oxygens (including phenoxy) is 1. The zero-order valence-electron chi connectivity index (χ0n) is 10.3. The van der Waals surface area contributed by atoms with E-state index in [4.69, 9.17) is 4.42 Å². The molecule has 7 heteroatoms. The fourth-order valence-electron chi connectivity index (χ4n) is 1.56. The van der Waals surface area contributed by atoms with Crippen LogP contribution in [0.1, 0.15) is 16.1 Å². The van der Waals surface area contributed by atoms with Crippen LogP contribution in [0.3, 0.4) is 0 Å². The van der Waals surface area contributed by atoms with Gasteiger partial charge in [-0.1, -0.05) is 0 Å². The van der Waals surface area contributed by atoms with Gasteiger partial charge in [-0.15, -0.1) is 13.2 Å². The maximum Gasteiger partial charge on any atom is 0.573 e. The molecule has 1 aromatic heterocycles. The van der Waals surface area contributed by atoms with Crippen LogP contribution in [0.4, 0.5) is 18.9 Å². The van der Waals surface area contributed by atoms with Gasteiger partial charge in [-0.05, 0) is 37.3 Å². The van der Waals surface area contributed by atoms with E-state index in [0.717, 1.165) is 12.1 Å². The van der Waals surface area contributed by atoms with Gasteiger partial charge >= 0.3 is 6.36 Å². The molecule has 0 saturated heterocycles. The Balaban J connectivity index is 2.04. The molecule has 1 amide bonds. The van der Waals surface area contributed by atoms with Crippen molar-refractivity contribution < 1.29 is 27.1 Å². The summed E-state index contributed by atoms with van der Waals surface area (Å²) in [5.74, 6) is -0.296. The van der Waals surface area contributed by atoms with Crippen molar-refractivity contribution in [3.05, 3.63) is 47.9 Å². The summed E-state index contributed by atoms with van der Waals surface area (Å²) in [4.78, 5) is 11.8. The van der Waals surface area contributed by atoms with E-state index in [1.807, 2.05) is 0 Å². The van der Waals surface area contributed by atoms with Crippen LogP contribution in [0.25, 0.3) is 0 Å². The lowest BCUT2D eigenvalue weighted by Gasteiger charge is -2.09. The predicted octanol–water partition coefficient (Wildman–Crippen LogP) is 3.74. The smallest absolute Gasteiger partial charge is 0.469 e. The first-order valence-electron chi connectivity index (χ1n) is 5.56. The van der Waals surface area contributed by atoms with Gasteiger partial charge in [0.05, 0.1) is 11.8 Å². The van der Waals surface area contributed by atoms with E-state index in [9.17, 15) is 18.0 Å². The van der Waals surface area contributed by atoms with E-state index in [-0.39, 0.29) is 5.75 Å². The number of anilines is 1. The summed E-state index contributed by atoms with van der Waals surface area (Å²) in [6, 6.07) is 6.37. The molecule has 4 nitrogen and oxygen atoms in total. The molecule has 0 aliphatic carbocycles. The Morgan fingerprint density at radius 2 is 1.85 bits per heavy atom. The molecule has 0 bridgehead atoms. The Labute approximate surface area is 112 Å². The number of carbonyl (C=O) groups excluding carboxylic acids is 1. The molecule has 1 heterocycles. The molecule has 106 valence electrons. The summed E-state index contributed by atoms with van der Waals surface area (Å²) in [7, 11) is 0. The maximum absolute atomic E-state index is 12.0. The van der Waals surface area contributed by atoms with Crippen molar-refractivity contribution in [2.24, 2.45) is 0 Å². The lowest BCUT2D eigenvalue weighted by Crippen LogP contribution is -2.17. The van der Waals surface area contributed by atoms with Crippen molar-refractivity contribution in [1.82, 2.24) is 0 Å².